The average molecular weight is 545 g/mol. The first kappa shape index (κ1) is 26.7. The third kappa shape index (κ3) is 5.05. The topological polar surface area (TPSA) is 153 Å². The predicted molar refractivity (Wildman–Crippen MR) is 140 cm³/mol. The molecule has 2 heterocycles. The number of fused-ring (bicyclic) bond motifs is 3. The van der Waals surface area contributed by atoms with Crippen LogP contribution in [0.5, 0.6) is 0 Å². The van der Waals surface area contributed by atoms with Crippen LogP contribution in [0.3, 0.4) is 0 Å². The maximum atomic E-state index is 13.4. The second-order valence-corrected chi connectivity index (χ2v) is 11.5. The molecule has 0 radical (unpaired) electrons. The van der Waals surface area contributed by atoms with Gasteiger partial charge in [-0.1, -0.05) is 0 Å². The maximum absolute atomic E-state index is 13.4. The van der Waals surface area contributed by atoms with Crippen molar-refractivity contribution in [3.63, 3.8) is 0 Å². The number of aromatic amines is 2. The third-order valence-corrected chi connectivity index (χ3v) is 7.42. The molecule has 4 rings (SSSR count). The van der Waals surface area contributed by atoms with Gasteiger partial charge in [0.15, 0.2) is 0 Å². The lowest BCUT2D eigenvalue weighted by atomic mass is 10.1. The predicted octanol–water partition coefficient (Wildman–Crippen LogP) is 3.80. The zero-order chi connectivity index (χ0) is 28.0. The molecule has 11 nitrogen and oxygen atoms in total. The number of sulfonamides is 1. The van der Waals surface area contributed by atoms with Crippen LogP contribution in [0.25, 0.3) is 21.8 Å². The molecule has 0 bridgehead atoms. The van der Waals surface area contributed by atoms with Crippen molar-refractivity contribution in [3.8, 4) is 0 Å². The number of rotatable bonds is 6. The fourth-order valence-corrected chi connectivity index (χ4v) is 5.13. The van der Waals surface area contributed by atoms with Crippen LogP contribution in [0, 0.1) is 5.82 Å². The minimum Gasteiger partial charge on any atom is -0.480 e. The molecule has 0 fully saturated rings. The fraction of sp³-hybridized carbons (Fsp3) is 0.240. The number of carbonyl (C=O) groups is 2. The molecule has 0 aliphatic carbocycles. The minimum absolute atomic E-state index is 0.00730. The van der Waals surface area contributed by atoms with Crippen molar-refractivity contribution in [2.24, 2.45) is 0 Å². The Hall–Kier alpha value is -4.39. The first-order chi connectivity index (χ1) is 17.7. The molecule has 200 valence electrons. The number of carboxylic acids is 1. The van der Waals surface area contributed by atoms with Crippen LogP contribution in [0.15, 0.2) is 58.4 Å². The van der Waals surface area contributed by atoms with Crippen molar-refractivity contribution < 1.29 is 32.2 Å². The second kappa shape index (κ2) is 9.49. The Balaban J connectivity index is 1.92. The van der Waals surface area contributed by atoms with Crippen LogP contribution in [0.4, 0.5) is 20.6 Å². The van der Waals surface area contributed by atoms with E-state index in [0.717, 1.165) is 21.3 Å². The summed E-state index contributed by atoms with van der Waals surface area (Å²) in [7, 11) is -2.83. The van der Waals surface area contributed by atoms with Gasteiger partial charge in [0.25, 0.3) is 15.6 Å². The van der Waals surface area contributed by atoms with Gasteiger partial charge in [-0.2, -0.15) is 0 Å². The van der Waals surface area contributed by atoms with Crippen LogP contribution in [0.1, 0.15) is 20.8 Å². The summed E-state index contributed by atoms with van der Waals surface area (Å²) in [6.45, 7) is 4.08. The Kier molecular flexibility index (Phi) is 6.66. The highest BCUT2D eigenvalue weighted by atomic mass is 32.2. The molecule has 38 heavy (non-hydrogen) atoms. The summed E-state index contributed by atoms with van der Waals surface area (Å²) >= 11 is 0. The lowest BCUT2D eigenvalue weighted by Gasteiger charge is -2.26. The average Bonchev–Trinajstić information content (AvgIpc) is 3.27. The molecule has 0 saturated carbocycles. The van der Waals surface area contributed by atoms with Gasteiger partial charge in [0.1, 0.15) is 23.5 Å². The molecular weight excluding hydrogens is 519 g/mol. The molecule has 0 saturated heterocycles. The number of aliphatic carboxylic acids is 1. The Morgan fingerprint density at radius 3 is 2.37 bits per heavy atom. The molecule has 3 N–H and O–H groups in total. The minimum atomic E-state index is -4.14. The number of carbonyl (C=O) groups excluding carboxylic acids is 1. The van der Waals surface area contributed by atoms with Gasteiger partial charge in [0.05, 0.1) is 16.3 Å². The standard InChI is InChI=1S/C25H25FN4O7S/c1-25(2,3)37-24(34)30(13-20(31)32)19-12-27-22-21(19)17-11-16(9-10-18(17)28-23(22)33)38(35,36)29(4)15-7-5-14(26)6-8-15/h5-12,27H,13H2,1-4H3,(H,28,33)(H,31,32). The van der Waals surface area contributed by atoms with Crippen molar-refractivity contribution in [3.05, 3.63) is 64.8 Å². The van der Waals surface area contributed by atoms with E-state index >= 15 is 0 Å². The number of amides is 1. The Bertz CT molecular complexity index is 1720. The number of H-pyrrole nitrogens is 2. The molecule has 0 atom stereocenters. The normalized spacial score (nSPS) is 12.0. The van der Waals surface area contributed by atoms with Gasteiger partial charge in [-0.15, -0.1) is 0 Å². The van der Waals surface area contributed by atoms with Gasteiger partial charge in [-0.25, -0.2) is 17.6 Å². The first-order valence-electron chi connectivity index (χ1n) is 11.3. The van der Waals surface area contributed by atoms with E-state index in [0.29, 0.717) is 0 Å². The highest BCUT2D eigenvalue weighted by molar-refractivity contribution is 7.92. The lowest BCUT2D eigenvalue weighted by molar-refractivity contribution is -0.135. The van der Waals surface area contributed by atoms with Gasteiger partial charge in [0.2, 0.25) is 0 Å². The van der Waals surface area contributed by atoms with E-state index < -0.39 is 45.6 Å². The zero-order valence-corrected chi connectivity index (χ0v) is 21.7. The number of nitrogens with one attached hydrogen (secondary N) is 2. The van der Waals surface area contributed by atoms with E-state index in [9.17, 15) is 32.3 Å². The van der Waals surface area contributed by atoms with Crippen molar-refractivity contribution in [1.82, 2.24) is 9.97 Å². The van der Waals surface area contributed by atoms with Gasteiger partial charge in [-0.05, 0) is 63.2 Å². The highest BCUT2D eigenvalue weighted by Crippen LogP contribution is 2.34. The smallest absolute Gasteiger partial charge is 0.415 e. The van der Waals surface area contributed by atoms with Crippen LogP contribution >= 0.6 is 0 Å². The molecule has 13 heteroatoms. The van der Waals surface area contributed by atoms with Gasteiger partial charge in [0, 0.05) is 29.5 Å². The van der Waals surface area contributed by atoms with Crippen molar-refractivity contribution >= 4 is 55.3 Å². The SMILES string of the molecule is CN(c1ccc(F)cc1)S(=O)(=O)c1ccc2[nH]c(=O)c3[nH]cc(N(CC(=O)O)C(=O)OC(C)(C)C)c3c2c1. The zero-order valence-electron chi connectivity index (χ0n) is 20.9. The highest BCUT2D eigenvalue weighted by Gasteiger charge is 2.29. The van der Waals surface area contributed by atoms with Crippen molar-refractivity contribution in [2.75, 3.05) is 22.8 Å². The van der Waals surface area contributed by atoms with E-state index in [1.165, 1.54) is 43.6 Å². The summed E-state index contributed by atoms with van der Waals surface area (Å²) in [5, 5.41) is 9.85. The fourth-order valence-electron chi connectivity index (χ4n) is 3.91. The Morgan fingerprint density at radius 2 is 1.76 bits per heavy atom. The molecule has 0 unspecified atom stereocenters. The van der Waals surface area contributed by atoms with Crippen LogP contribution in [0.2, 0.25) is 0 Å². The molecule has 4 aromatic rings. The second-order valence-electron chi connectivity index (χ2n) is 9.49. The number of pyridine rings is 1. The molecule has 0 spiro atoms. The lowest BCUT2D eigenvalue weighted by Crippen LogP contribution is -2.40. The van der Waals surface area contributed by atoms with Crippen LogP contribution < -0.4 is 14.8 Å². The van der Waals surface area contributed by atoms with Crippen LogP contribution in [-0.4, -0.2) is 54.7 Å². The quantitative estimate of drug-likeness (QED) is 0.334. The summed E-state index contributed by atoms with van der Waals surface area (Å²) in [5.74, 6) is -1.85. The number of anilines is 2. The number of ether oxygens (including phenoxy) is 1. The summed E-state index contributed by atoms with van der Waals surface area (Å²) in [5.41, 5.74) is -0.991. The van der Waals surface area contributed by atoms with E-state index in [1.54, 1.807) is 20.8 Å². The summed E-state index contributed by atoms with van der Waals surface area (Å²) in [6, 6.07) is 8.92. The van der Waals surface area contributed by atoms with Crippen LogP contribution in [-0.2, 0) is 19.6 Å². The molecule has 2 aromatic heterocycles. The monoisotopic (exact) mass is 544 g/mol. The summed E-state index contributed by atoms with van der Waals surface area (Å²) in [4.78, 5) is 43.5. The van der Waals surface area contributed by atoms with E-state index in [1.807, 2.05) is 0 Å². The van der Waals surface area contributed by atoms with Gasteiger partial charge < -0.3 is 19.8 Å². The largest absolute Gasteiger partial charge is 0.480 e. The van der Waals surface area contributed by atoms with Crippen molar-refractivity contribution in [2.45, 2.75) is 31.3 Å². The summed E-state index contributed by atoms with van der Waals surface area (Å²) in [6.07, 6.45) is 0.326. The van der Waals surface area contributed by atoms with E-state index in [-0.39, 0.29) is 38.1 Å². The number of benzene rings is 2. The molecule has 2 aromatic carbocycles. The third-order valence-electron chi connectivity index (χ3n) is 5.64. The first-order valence-corrected chi connectivity index (χ1v) is 12.8. The number of hydrogen-bond donors (Lipinski definition) is 3. The van der Waals surface area contributed by atoms with Gasteiger partial charge >= 0.3 is 12.1 Å². The number of carboxylic acid groups (broad SMARTS) is 1. The Morgan fingerprint density at radius 1 is 1.11 bits per heavy atom. The number of aromatic nitrogens is 2. The Labute approximate surface area is 216 Å². The molecule has 0 aliphatic rings. The van der Waals surface area contributed by atoms with Crippen molar-refractivity contribution in [1.29, 1.82) is 0 Å². The molecule has 0 aliphatic heterocycles. The number of halogens is 1. The molecular formula is C25H25FN4O7S. The number of hydrogen-bond acceptors (Lipinski definition) is 6. The maximum Gasteiger partial charge on any atom is 0.415 e. The van der Waals surface area contributed by atoms with E-state index in [2.05, 4.69) is 9.97 Å². The van der Waals surface area contributed by atoms with Gasteiger partial charge in [-0.3, -0.25) is 18.8 Å². The number of nitrogens with zero attached hydrogens (tertiary/aromatic N) is 2. The van der Waals surface area contributed by atoms with E-state index in [4.69, 9.17) is 4.74 Å². The summed E-state index contributed by atoms with van der Waals surface area (Å²) < 4.78 is 46.5. The molecule has 1 amide bonds.